The van der Waals surface area contributed by atoms with Gasteiger partial charge in [0, 0.05) is 12.1 Å². The summed E-state index contributed by atoms with van der Waals surface area (Å²) < 4.78 is 6.25. The molecule has 0 bridgehead atoms. The van der Waals surface area contributed by atoms with Crippen LogP contribution in [0.3, 0.4) is 0 Å². The Morgan fingerprint density at radius 1 is 0.923 bits per heavy atom. The highest BCUT2D eigenvalue weighted by Crippen LogP contribution is 2.29. The number of hydrogen-bond donors (Lipinski definition) is 1. The van der Waals surface area contributed by atoms with Gasteiger partial charge in [0.05, 0.1) is 0 Å². The van der Waals surface area contributed by atoms with E-state index in [-0.39, 0.29) is 0 Å². The summed E-state index contributed by atoms with van der Waals surface area (Å²) in [5.41, 5.74) is 3.75. The number of fused-ring (bicyclic) bond motifs is 1. The molecule has 0 aromatic heterocycles. The van der Waals surface area contributed by atoms with E-state index in [1.165, 1.54) is 33.9 Å². The Balaban J connectivity index is 1.81. The zero-order valence-corrected chi connectivity index (χ0v) is 16.1. The monoisotopic (exact) mass is 347 g/mol. The van der Waals surface area contributed by atoms with E-state index in [0.29, 0.717) is 12.5 Å². The summed E-state index contributed by atoms with van der Waals surface area (Å²) >= 11 is 0. The number of hydrogen-bond acceptors (Lipinski definition) is 2. The first-order chi connectivity index (χ1) is 12.6. The zero-order valence-electron chi connectivity index (χ0n) is 16.1. The second-order valence-electron chi connectivity index (χ2n) is 7.34. The van der Waals surface area contributed by atoms with E-state index in [1.807, 2.05) is 0 Å². The van der Waals surface area contributed by atoms with Crippen molar-refractivity contribution in [2.75, 3.05) is 6.54 Å². The van der Waals surface area contributed by atoms with Gasteiger partial charge in [0.1, 0.15) is 12.4 Å². The third-order valence-electron chi connectivity index (χ3n) is 4.84. The van der Waals surface area contributed by atoms with Gasteiger partial charge in [-0.25, -0.2) is 0 Å². The molecule has 0 radical (unpaired) electrons. The predicted octanol–water partition coefficient (Wildman–Crippen LogP) is 5.86. The average molecular weight is 348 g/mol. The SMILES string of the molecule is Cc1ccccc1COc1ccc2ccccc2c1CNCCC(C)C. The molecule has 2 heteroatoms. The lowest BCUT2D eigenvalue weighted by Gasteiger charge is -2.16. The topological polar surface area (TPSA) is 21.3 Å². The van der Waals surface area contributed by atoms with Gasteiger partial charge in [0.15, 0.2) is 0 Å². The van der Waals surface area contributed by atoms with Crippen molar-refractivity contribution in [2.45, 2.75) is 40.3 Å². The lowest BCUT2D eigenvalue weighted by molar-refractivity contribution is 0.302. The summed E-state index contributed by atoms with van der Waals surface area (Å²) in [5, 5.41) is 6.13. The number of rotatable bonds is 8. The van der Waals surface area contributed by atoms with Crippen molar-refractivity contribution >= 4 is 10.8 Å². The molecule has 0 aliphatic carbocycles. The molecule has 0 saturated carbocycles. The molecule has 3 rings (SSSR count). The molecule has 26 heavy (non-hydrogen) atoms. The van der Waals surface area contributed by atoms with Crippen molar-refractivity contribution in [2.24, 2.45) is 5.92 Å². The molecule has 0 unspecified atom stereocenters. The number of ether oxygens (including phenoxy) is 1. The van der Waals surface area contributed by atoms with E-state index in [9.17, 15) is 0 Å². The van der Waals surface area contributed by atoms with Gasteiger partial charge in [-0.2, -0.15) is 0 Å². The Morgan fingerprint density at radius 3 is 2.50 bits per heavy atom. The maximum Gasteiger partial charge on any atom is 0.124 e. The van der Waals surface area contributed by atoms with Gasteiger partial charge in [-0.3, -0.25) is 0 Å². The third-order valence-corrected chi connectivity index (χ3v) is 4.84. The molecule has 0 fully saturated rings. The average Bonchev–Trinajstić information content (AvgIpc) is 2.65. The van der Waals surface area contributed by atoms with Gasteiger partial charge in [0.25, 0.3) is 0 Å². The fourth-order valence-electron chi connectivity index (χ4n) is 3.17. The predicted molar refractivity (Wildman–Crippen MR) is 111 cm³/mol. The van der Waals surface area contributed by atoms with Crippen LogP contribution in [0.5, 0.6) is 5.75 Å². The van der Waals surface area contributed by atoms with Crippen LogP contribution in [0, 0.1) is 12.8 Å². The molecular formula is C24H29NO. The molecule has 2 nitrogen and oxygen atoms in total. The highest BCUT2D eigenvalue weighted by molar-refractivity contribution is 5.87. The van der Waals surface area contributed by atoms with Gasteiger partial charge in [0.2, 0.25) is 0 Å². The molecular weight excluding hydrogens is 318 g/mol. The van der Waals surface area contributed by atoms with Crippen LogP contribution in [0.1, 0.15) is 37.0 Å². The number of aryl methyl sites for hydroxylation is 1. The Morgan fingerprint density at radius 2 is 1.69 bits per heavy atom. The first-order valence-corrected chi connectivity index (χ1v) is 9.54. The first-order valence-electron chi connectivity index (χ1n) is 9.54. The van der Waals surface area contributed by atoms with Crippen LogP contribution in [0.15, 0.2) is 60.7 Å². The van der Waals surface area contributed by atoms with Crippen molar-refractivity contribution in [1.82, 2.24) is 5.32 Å². The van der Waals surface area contributed by atoms with Crippen molar-refractivity contribution < 1.29 is 4.74 Å². The highest BCUT2D eigenvalue weighted by Gasteiger charge is 2.10. The molecule has 0 heterocycles. The summed E-state index contributed by atoms with van der Waals surface area (Å²) in [6.07, 6.45) is 1.18. The fraction of sp³-hybridized carbons (Fsp3) is 0.333. The largest absolute Gasteiger partial charge is 0.489 e. The van der Waals surface area contributed by atoms with E-state index in [0.717, 1.165) is 18.8 Å². The second-order valence-corrected chi connectivity index (χ2v) is 7.34. The Labute approximate surface area is 157 Å². The summed E-state index contributed by atoms with van der Waals surface area (Å²) in [5.74, 6) is 1.69. The van der Waals surface area contributed by atoms with E-state index >= 15 is 0 Å². The molecule has 1 N–H and O–H groups in total. The van der Waals surface area contributed by atoms with E-state index < -0.39 is 0 Å². The molecule has 0 aliphatic rings. The molecule has 0 saturated heterocycles. The van der Waals surface area contributed by atoms with Crippen molar-refractivity contribution in [3.8, 4) is 5.75 Å². The van der Waals surface area contributed by atoms with E-state index in [2.05, 4.69) is 86.8 Å². The lowest BCUT2D eigenvalue weighted by Crippen LogP contribution is -2.17. The van der Waals surface area contributed by atoms with Crippen LogP contribution in [0.4, 0.5) is 0 Å². The minimum atomic E-state index is 0.601. The van der Waals surface area contributed by atoms with Gasteiger partial charge in [-0.15, -0.1) is 0 Å². The summed E-state index contributed by atoms with van der Waals surface area (Å²) in [4.78, 5) is 0. The highest BCUT2D eigenvalue weighted by atomic mass is 16.5. The minimum absolute atomic E-state index is 0.601. The maximum atomic E-state index is 6.25. The summed E-state index contributed by atoms with van der Waals surface area (Å²) in [6, 6.07) is 21.2. The zero-order chi connectivity index (χ0) is 18.4. The first kappa shape index (κ1) is 18.5. The number of benzene rings is 3. The van der Waals surface area contributed by atoms with Crippen molar-refractivity contribution in [1.29, 1.82) is 0 Å². The summed E-state index contributed by atoms with van der Waals surface area (Å²) in [6.45, 7) is 9.11. The smallest absolute Gasteiger partial charge is 0.124 e. The van der Waals surface area contributed by atoms with Crippen LogP contribution in [-0.4, -0.2) is 6.54 Å². The van der Waals surface area contributed by atoms with Crippen LogP contribution in [-0.2, 0) is 13.2 Å². The van der Waals surface area contributed by atoms with Crippen LogP contribution >= 0.6 is 0 Å². The number of nitrogens with one attached hydrogen (secondary N) is 1. The normalized spacial score (nSPS) is 11.2. The van der Waals surface area contributed by atoms with E-state index in [1.54, 1.807) is 0 Å². The van der Waals surface area contributed by atoms with Gasteiger partial charge in [-0.1, -0.05) is 68.4 Å². The Bertz CT molecular complexity index is 854. The van der Waals surface area contributed by atoms with Crippen molar-refractivity contribution in [3.05, 3.63) is 77.4 Å². The minimum Gasteiger partial charge on any atom is -0.489 e. The summed E-state index contributed by atoms with van der Waals surface area (Å²) in [7, 11) is 0. The van der Waals surface area contributed by atoms with Crippen LogP contribution < -0.4 is 10.1 Å². The second kappa shape index (κ2) is 8.86. The Kier molecular flexibility index (Phi) is 6.30. The molecule has 3 aromatic carbocycles. The third kappa shape index (κ3) is 4.64. The van der Waals surface area contributed by atoms with E-state index in [4.69, 9.17) is 4.74 Å². The molecule has 3 aromatic rings. The van der Waals surface area contributed by atoms with Crippen LogP contribution in [0.25, 0.3) is 10.8 Å². The molecule has 0 aliphatic heterocycles. The lowest BCUT2D eigenvalue weighted by atomic mass is 10.0. The van der Waals surface area contributed by atoms with Gasteiger partial charge in [-0.05, 0) is 53.8 Å². The molecule has 0 spiro atoms. The van der Waals surface area contributed by atoms with Gasteiger partial charge >= 0.3 is 0 Å². The van der Waals surface area contributed by atoms with Crippen molar-refractivity contribution in [3.63, 3.8) is 0 Å². The Hall–Kier alpha value is -2.32. The molecule has 136 valence electrons. The van der Waals surface area contributed by atoms with Crippen LogP contribution in [0.2, 0.25) is 0 Å². The fourth-order valence-corrected chi connectivity index (χ4v) is 3.17. The quantitative estimate of drug-likeness (QED) is 0.515. The standard InChI is InChI=1S/C24H29NO/c1-18(2)14-15-25-16-23-22-11-7-6-9-20(22)12-13-24(23)26-17-21-10-5-4-8-19(21)3/h4-13,18,25H,14-17H2,1-3H3. The van der Waals surface area contributed by atoms with Gasteiger partial charge < -0.3 is 10.1 Å². The molecule has 0 amide bonds. The molecule has 0 atom stereocenters. The maximum absolute atomic E-state index is 6.25.